The van der Waals surface area contributed by atoms with Crippen LogP contribution < -0.4 is 10.1 Å². The van der Waals surface area contributed by atoms with Crippen LogP contribution >= 0.6 is 0 Å². The number of ether oxygens (including phenoxy) is 2. The highest BCUT2D eigenvalue weighted by atomic mass is 16.6. The molecule has 0 bridgehead atoms. The van der Waals surface area contributed by atoms with Crippen molar-refractivity contribution in [3.05, 3.63) is 35.4 Å². The molecule has 1 aromatic rings. The summed E-state index contributed by atoms with van der Waals surface area (Å²) in [6, 6.07) is 7.10. The Hall–Kier alpha value is -2.34. The van der Waals surface area contributed by atoms with Crippen molar-refractivity contribution >= 4 is 17.9 Å². The van der Waals surface area contributed by atoms with Gasteiger partial charge in [0.25, 0.3) is 0 Å². The van der Waals surface area contributed by atoms with E-state index in [1.54, 1.807) is 4.90 Å². The van der Waals surface area contributed by atoms with Gasteiger partial charge >= 0.3 is 6.09 Å². The van der Waals surface area contributed by atoms with Gasteiger partial charge in [-0.3, -0.25) is 4.99 Å². The summed E-state index contributed by atoms with van der Waals surface area (Å²) in [6.07, 6.45) is 9.02. The number of carbonyl (C=O) groups excluding carboxylic acids is 1. The van der Waals surface area contributed by atoms with Gasteiger partial charge in [-0.1, -0.05) is 12.1 Å². The maximum atomic E-state index is 12.4. The van der Waals surface area contributed by atoms with Crippen LogP contribution in [0.4, 0.5) is 4.79 Å². The summed E-state index contributed by atoms with van der Waals surface area (Å²) in [4.78, 5) is 18.9. The van der Waals surface area contributed by atoms with E-state index >= 15 is 0 Å². The summed E-state index contributed by atoms with van der Waals surface area (Å²) in [5.41, 5.74) is 3.05. The average molecular weight is 470 g/mol. The fourth-order valence-corrected chi connectivity index (χ4v) is 4.50. The van der Waals surface area contributed by atoms with Crippen LogP contribution in [-0.4, -0.2) is 54.1 Å². The van der Waals surface area contributed by atoms with Crippen LogP contribution in [0.5, 0.6) is 5.75 Å². The Morgan fingerprint density at radius 3 is 2.50 bits per heavy atom. The highest BCUT2D eigenvalue weighted by Gasteiger charge is 2.29. The van der Waals surface area contributed by atoms with E-state index < -0.39 is 5.60 Å². The number of aliphatic imine (C=N–C) groups is 1. The normalized spacial score (nSPS) is 22.1. The monoisotopic (exact) mass is 469 g/mol. The van der Waals surface area contributed by atoms with E-state index in [1.807, 2.05) is 41.0 Å². The van der Waals surface area contributed by atoms with Gasteiger partial charge in [0.15, 0.2) is 0 Å². The standard InChI is InChI=1S/C28H43N3O3/c1-8-33-25-14-9-20(21-15-16-28(5,6)30-19-21)17-22(25)18-29-23-10-12-24(13-11-23)31(7)26(32)34-27(2,3)4/h9,14-15,17,19,23-24,29H,8,10-13,16,18H2,1-7H3/t23-,24-. The molecule has 6 nitrogen and oxygen atoms in total. The predicted molar refractivity (Wildman–Crippen MR) is 140 cm³/mol. The van der Waals surface area contributed by atoms with Crippen LogP contribution in [0.15, 0.2) is 29.3 Å². The lowest BCUT2D eigenvalue weighted by molar-refractivity contribution is 0.0179. The van der Waals surface area contributed by atoms with Crippen molar-refractivity contribution < 1.29 is 14.3 Å². The number of rotatable bonds is 7. The van der Waals surface area contributed by atoms with Crippen molar-refractivity contribution in [2.24, 2.45) is 4.99 Å². The van der Waals surface area contributed by atoms with Crippen LogP contribution in [0.1, 0.15) is 84.8 Å². The number of dihydropyridines is 1. The summed E-state index contributed by atoms with van der Waals surface area (Å²) >= 11 is 0. The zero-order valence-corrected chi connectivity index (χ0v) is 22.1. The van der Waals surface area contributed by atoms with Crippen molar-refractivity contribution in [2.45, 2.75) is 103 Å². The molecule has 2 aliphatic rings. The van der Waals surface area contributed by atoms with Crippen molar-refractivity contribution in [1.82, 2.24) is 10.2 Å². The molecule has 1 saturated carbocycles. The number of amides is 1. The lowest BCUT2D eigenvalue weighted by Crippen LogP contribution is -2.44. The molecular formula is C28H43N3O3. The van der Waals surface area contributed by atoms with E-state index in [9.17, 15) is 4.79 Å². The fourth-order valence-electron chi connectivity index (χ4n) is 4.50. The molecule has 1 aliphatic carbocycles. The first-order chi connectivity index (χ1) is 16.0. The van der Waals surface area contributed by atoms with Gasteiger partial charge in [0.05, 0.1) is 12.1 Å². The lowest BCUT2D eigenvalue weighted by atomic mass is 9.90. The van der Waals surface area contributed by atoms with Crippen LogP contribution in [0.25, 0.3) is 5.57 Å². The van der Waals surface area contributed by atoms with Crippen molar-refractivity contribution in [3.63, 3.8) is 0 Å². The van der Waals surface area contributed by atoms with Gasteiger partial charge in [-0.2, -0.15) is 0 Å². The largest absolute Gasteiger partial charge is 0.494 e. The molecule has 1 fully saturated rings. The Bertz CT molecular complexity index is 906. The summed E-state index contributed by atoms with van der Waals surface area (Å²) in [5, 5.41) is 3.74. The first kappa shape index (κ1) is 26.3. The molecule has 0 radical (unpaired) electrons. The molecule has 0 saturated heterocycles. The lowest BCUT2D eigenvalue weighted by Gasteiger charge is -2.36. The van der Waals surface area contributed by atoms with E-state index in [4.69, 9.17) is 14.5 Å². The number of hydrogen-bond acceptors (Lipinski definition) is 5. The predicted octanol–water partition coefficient (Wildman–Crippen LogP) is 5.99. The maximum Gasteiger partial charge on any atom is 0.410 e. The Labute approximate surface area is 205 Å². The Morgan fingerprint density at radius 2 is 1.91 bits per heavy atom. The number of nitrogens with zero attached hydrogens (tertiary/aromatic N) is 2. The number of benzene rings is 1. The smallest absolute Gasteiger partial charge is 0.410 e. The van der Waals surface area contributed by atoms with Crippen molar-refractivity contribution in [2.75, 3.05) is 13.7 Å². The molecule has 34 heavy (non-hydrogen) atoms. The number of allylic oxidation sites excluding steroid dienone is 1. The average Bonchev–Trinajstić information content (AvgIpc) is 2.77. The van der Waals surface area contributed by atoms with Gasteiger partial charge in [0.1, 0.15) is 11.4 Å². The zero-order chi connectivity index (χ0) is 24.9. The minimum absolute atomic E-state index is 0.0183. The zero-order valence-electron chi connectivity index (χ0n) is 22.1. The van der Waals surface area contributed by atoms with Gasteiger partial charge in [0, 0.05) is 37.5 Å². The summed E-state index contributed by atoms with van der Waals surface area (Å²) in [5.74, 6) is 0.936. The van der Waals surface area contributed by atoms with Gasteiger partial charge in [0.2, 0.25) is 0 Å². The number of hydrogen-bond donors (Lipinski definition) is 1. The van der Waals surface area contributed by atoms with Crippen LogP contribution in [-0.2, 0) is 11.3 Å². The third-order valence-electron chi connectivity index (χ3n) is 6.58. The Morgan fingerprint density at radius 1 is 1.21 bits per heavy atom. The van der Waals surface area contributed by atoms with E-state index in [0.29, 0.717) is 12.6 Å². The quantitative estimate of drug-likeness (QED) is 0.533. The molecule has 188 valence electrons. The maximum absolute atomic E-state index is 12.4. The SMILES string of the molecule is CCOc1ccc(C2=CCC(C)(C)N=C2)cc1CN[C@H]1CC[C@H](N(C)C(=O)OC(C)(C)C)CC1. The first-order valence-electron chi connectivity index (χ1n) is 12.7. The molecule has 1 aliphatic heterocycles. The van der Waals surface area contributed by atoms with Crippen LogP contribution in [0.3, 0.4) is 0 Å². The van der Waals surface area contributed by atoms with Gasteiger partial charge in [-0.25, -0.2) is 4.79 Å². The van der Waals surface area contributed by atoms with Crippen molar-refractivity contribution in [1.29, 1.82) is 0 Å². The second kappa shape index (κ2) is 10.9. The van der Waals surface area contributed by atoms with E-state index in [-0.39, 0.29) is 17.7 Å². The molecule has 1 heterocycles. The van der Waals surface area contributed by atoms with E-state index in [0.717, 1.165) is 44.4 Å². The molecule has 0 atom stereocenters. The van der Waals surface area contributed by atoms with Gasteiger partial charge in [-0.05, 0) is 96.9 Å². The molecule has 1 aromatic carbocycles. The van der Waals surface area contributed by atoms with Crippen LogP contribution in [0, 0.1) is 0 Å². The second-order valence-electron chi connectivity index (χ2n) is 11.2. The molecule has 0 spiro atoms. The molecule has 0 aromatic heterocycles. The number of nitrogens with one attached hydrogen (secondary N) is 1. The van der Waals surface area contributed by atoms with Gasteiger partial charge < -0.3 is 19.7 Å². The van der Waals surface area contributed by atoms with Crippen LogP contribution in [0.2, 0.25) is 0 Å². The third kappa shape index (κ3) is 7.33. The summed E-state index contributed by atoms with van der Waals surface area (Å²) < 4.78 is 11.5. The molecule has 1 N–H and O–H groups in total. The topological polar surface area (TPSA) is 63.2 Å². The van der Waals surface area contributed by atoms with E-state index in [1.165, 1.54) is 16.7 Å². The summed E-state index contributed by atoms with van der Waals surface area (Å²) in [7, 11) is 1.86. The molecule has 3 rings (SSSR count). The highest BCUT2D eigenvalue weighted by Crippen LogP contribution is 2.29. The molecule has 1 amide bonds. The van der Waals surface area contributed by atoms with E-state index in [2.05, 4.69) is 43.4 Å². The van der Waals surface area contributed by atoms with Crippen molar-refractivity contribution in [3.8, 4) is 5.75 Å². The molecule has 6 heteroatoms. The number of carbonyl (C=O) groups is 1. The fraction of sp³-hybridized carbons (Fsp3) is 0.643. The highest BCUT2D eigenvalue weighted by molar-refractivity contribution is 6.10. The minimum atomic E-state index is -0.466. The Kier molecular flexibility index (Phi) is 8.45. The molecule has 0 unspecified atom stereocenters. The Balaban J connectivity index is 1.58. The van der Waals surface area contributed by atoms with Gasteiger partial charge in [-0.15, -0.1) is 0 Å². The summed E-state index contributed by atoms with van der Waals surface area (Å²) in [6.45, 7) is 13.5. The minimum Gasteiger partial charge on any atom is -0.494 e. The first-order valence-corrected chi connectivity index (χ1v) is 12.7. The third-order valence-corrected chi connectivity index (χ3v) is 6.58. The molecular weight excluding hydrogens is 426 g/mol. The second-order valence-corrected chi connectivity index (χ2v) is 11.2.